The van der Waals surface area contributed by atoms with E-state index in [9.17, 15) is 4.55 Å². The number of rotatable bonds is 7. The second kappa shape index (κ2) is 8.78. The Morgan fingerprint density at radius 2 is 1.90 bits per heavy atom. The number of nitrogens with zero attached hydrogens (tertiary/aromatic N) is 2. The van der Waals surface area contributed by atoms with E-state index in [0.717, 1.165) is 19.5 Å². The van der Waals surface area contributed by atoms with Crippen LogP contribution in [0.1, 0.15) is 49.3 Å². The number of hydrogen-bond acceptors (Lipinski definition) is 4. The van der Waals surface area contributed by atoms with Crippen LogP contribution in [0.2, 0.25) is 0 Å². The topological polar surface area (TPSA) is 41.6 Å². The van der Waals surface area contributed by atoms with Crippen molar-refractivity contribution in [1.82, 2.24) is 9.62 Å². The largest absolute Gasteiger partial charge is 0.598 e. The number of likely N-dealkylation sites (tertiary alicyclic amines) is 1. The van der Waals surface area contributed by atoms with Crippen molar-refractivity contribution in [2.45, 2.75) is 57.0 Å². The van der Waals surface area contributed by atoms with Crippen molar-refractivity contribution in [3.8, 4) is 0 Å². The highest BCUT2D eigenvalue weighted by molar-refractivity contribution is 7.89. The van der Waals surface area contributed by atoms with Gasteiger partial charge >= 0.3 is 0 Å². The zero-order valence-electron chi connectivity index (χ0n) is 18.8. The Kier molecular flexibility index (Phi) is 6.04. The highest BCUT2D eigenvalue weighted by Gasteiger charge is 2.43. The maximum atomic E-state index is 12.0. The molecular formula is C26H35N3OS. The first-order chi connectivity index (χ1) is 15.0. The molecule has 2 aromatic carbocycles. The second-order valence-corrected chi connectivity index (χ2v) is 11.3. The van der Waals surface area contributed by atoms with E-state index in [2.05, 4.69) is 70.0 Å². The van der Waals surface area contributed by atoms with E-state index < -0.39 is 11.4 Å². The van der Waals surface area contributed by atoms with Crippen molar-refractivity contribution in [2.75, 3.05) is 36.8 Å². The molecule has 0 amide bonds. The molecule has 166 valence electrons. The average Bonchev–Trinajstić information content (AvgIpc) is 2.72. The Hall–Kier alpha value is -1.53. The zero-order valence-corrected chi connectivity index (χ0v) is 19.7. The zero-order chi connectivity index (χ0) is 21.4. The minimum absolute atomic E-state index is 0.0552. The monoisotopic (exact) mass is 437 g/mol. The van der Waals surface area contributed by atoms with E-state index in [-0.39, 0.29) is 5.54 Å². The summed E-state index contributed by atoms with van der Waals surface area (Å²) < 4.78 is 15.3. The lowest BCUT2D eigenvalue weighted by Gasteiger charge is -2.49. The average molecular weight is 438 g/mol. The number of benzene rings is 2. The molecule has 3 unspecified atom stereocenters. The number of hydrogen-bond donors (Lipinski definition) is 1. The van der Waals surface area contributed by atoms with Crippen molar-refractivity contribution < 1.29 is 4.55 Å². The fourth-order valence-electron chi connectivity index (χ4n) is 5.68. The maximum absolute atomic E-state index is 12.0. The Balaban J connectivity index is 1.38. The predicted octanol–water partition coefficient (Wildman–Crippen LogP) is 3.89. The fourth-order valence-corrected chi connectivity index (χ4v) is 6.50. The van der Waals surface area contributed by atoms with Gasteiger partial charge in [0, 0.05) is 42.1 Å². The quantitative estimate of drug-likeness (QED) is 0.668. The Morgan fingerprint density at radius 1 is 1.13 bits per heavy atom. The Bertz CT molecular complexity index is 895. The van der Waals surface area contributed by atoms with Crippen molar-refractivity contribution in [3.05, 3.63) is 65.2 Å². The van der Waals surface area contributed by atoms with Crippen molar-refractivity contribution >= 4 is 17.0 Å². The lowest BCUT2D eigenvalue weighted by molar-refractivity contribution is 0.0877. The minimum Gasteiger partial charge on any atom is -0.598 e. The smallest absolute Gasteiger partial charge is 0.122 e. The van der Waals surface area contributed by atoms with E-state index in [1.165, 1.54) is 49.2 Å². The van der Waals surface area contributed by atoms with Gasteiger partial charge in [-0.15, -0.1) is 4.72 Å². The lowest BCUT2D eigenvalue weighted by Crippen LogP contribution is -2.68. The van der Waals surface area contributed by atoms with Gasteiger partial charge in [-0.1, -0.05) is 36.4 Å². The van der Waals surface area contributed by atoms with E-state index in [1.54, 1.807) is 5.56 Å². The standard InChI is InChI=1S/C26H35N3OS/c1-3-31(30)27-26(2)18-29(19-26)22-12-10-21-11-13-25(28-14-7-15-28)24(23(21)17-22)16-20-8-5-4-6-9-20/h4-6,8-10,12,17,24-25,27H,3,7,11,13-16,18-19H2,1-2H3. The van der Waals surface area contributed by atoms with Crippen LogP contribution in [0.25, 0.3) is 0 Å². The molecule has 2 saturated heterocycles. The van der Waals surface area contributed by atoms with Crippen LogP contribution in [0.3, 0.4) is 0 Å². The molecule has 2 aliphatic heterocycles. The number of fused-ring (bicyclic) bond motifs is 1. The van der Waals surface area contributed by atoms with Crippen LogP contribution in [0.4, 0.5) is 5.69 Å². The number of nitrogens with one attached hydrogen (secondary N) is 1. The first kappa shape index (κ1) is 21.3. The summed E-state index contributed by atoms with van der Waals surface area (Å²) in [4.78, 5) is 5.15. The third-order valence-corrected chi connectivity index (χ3v) is 8.67. The van der Waals surface area contributed by atoms with Gasteiger partial charge < -0.3 is 9.45 Å². The second-order valence-electron chi connectivity index (χ2n) is 9.83. The summed E-state index contributed by atoms with van der Waals surface area (Å²) in [5.41, 5.74) is 5.81. The van der Waals surface area contributed by atoms with Gasteiger partial charge in [-0.3, -0.25) is 4.90 Å². The molecule has 2 fully saturated rings. The van der Waals surface area contributed by atoms with Crippen LogP contribution >= 0.6 is 0 Å². The number of anilines is 1. The first-order valence-electron chi connectivity index (χ1n) is 11.9. The summed E-state index contributed by atoms with van der Waals surface area (Å²) in [5.74, 6) is 1.22. The summed E-state index contributed by atoms with van der Waals surface area (Å²) in [7, 11) is 0. The maximum Gasteiger partial charge on any atom is 0.122 e. The van der Waals surface area contributed by atoms with E-state index >= 15 is 0 Å². The third kappa shape index (κ3) is 4.38. The van der Waals surface area contributed by atoms with Crippen molar-refractivity contribution in [2.24, 2.45) is 0 Å². The summed E-state index contributed by atoms with van der Waals surface area (Å²) in [6, 6.07) is 18.8. The molecule has 3 atom stereocenters. The molecule has 5 heteroatoms. The molecule has 0 aromatic heterocycles. The molecule has 4 nitrogen and oxygen atoms in total. The van der Waals surface area contributed by atoms with Gasteiger partial charge in [-0.25, -0.2) is 0 Å². The van der Waals surface area contributed by atoms with Gasteiger partial charge in [-0.05, 0) is 81.4 Å². The van der Waals surface area contributed by atoms with E-state index in [0.29, 0.717) is 17.7 Å². The fraction of sp³-hybridized carbons (Fsp3) is 0.538. The van der Waals surface area contributed by atoms with Crippen molar-refractivity contribution in [1.29, 1.82) is 0 Å². The molecule has 0 bridgehead atoms. The summed E-state index contributed by atoms with van der Waals surface area (Å²) in [6.07, 6.45) is 4.93. The van der Waals surface area contributed by atoms with Gasteiger partial charge in [0.1, 0.15) is 5.75 Å². The molecular weight excluding hydrogens is 402 g/mol. The Morgan fingerprint density at radius 3 is 2.58 bits per heavy atom. The highest BCUT2D eigenvalue weighted by Crippen LogP contribution is 2.41. The summed E-state index contributed by atoms with van der Waals surface area (Å²) >= 11 is -0.934. The molecule has 0 radical (unpaired) electrons. The SMILES string of the molecule is CC[S+]([O-])NC1(C)CN(c2ccc3c(c2)C(Cc2ccccc2)C(N2CCC2)CC3)C1. The van der Waals surface area contributed by atoms with Gasteiger partial charge in [-0.2, -0.15) is 0 Å². The van der Waals surface area contributed by atoms with Crippen LogP contribution in [0.15, 0.2) is 48.5 Å². The summed E-state index contributed by atoms with van der Waals surface area (Å²) in [5, 5.41) is 0. The molecule has 2 heterocycles. The third-order valence-electron chi connectivity index (χ3n) is 7.43. The minimum atomic E-state index is -0.934. The lowest BCUT2D eigenvalue weighted by atomic mass is 9.74. The molecule has 5 rings (SSSR count). The highest BCUT2D eigenvalue weighted by atomic mass is 32.2. The normalized spacial score (nSPS) is 26.0. The molecule has 0 saturated carbocycles. The first-order valence-corrected chi connectivity index (χ1v) is 13.2. The van der Waals surface area contributed by atoms with Gasteiger partial charge in [0.15, 0.2) is 0 Å². The predicted molar refractivity (Wildman–Crippen MR) is 130 cm³/mol. The van der Waals surface area contributed by atoms with Gasteiger partial charge in [0.2, 0.25) is 0 Å². The van der Waals surface area contributed by atoms with Gasteiger partial charge in [0.05, 0.1) is 5.54 Å². The molecule has 1 aliphatic carbocycles. The van der Waals surface area contributed by atoms with Crippen LogP contribution in [-0.2, 0) is 24.2 Å². The Labute approximate surface area is 190 Å². The molecule has 31 heavy (non-hydrogen) atoms. The van der Waals surface area contributed by atoms with E-state index in [1.807, 2.05) is 6.92 Å². The van der Waals surface area contributed by atoms with Crippen molar-refractivity contribution in [3.63, 3.8) is 0 Å². The molecule has 3 aliphatic rings. The molecule has 2 aromatic rings. The van der Waals surface area contributed by atoms with Gasteiger partial charge in [0.25, 0.3) is 0 Å². The molecule has 0 spiro atoms. The van der Waals surface area contributed by atoms with Crippen LogP contribution < -0.4 is 9.62 Å². The summed E-state index contributed by atoms with van der Waals surface area (Å²) in [6.45, 7) is 8.50. The van der Waals surface area contributed by atoms with Crippen LogP contribution in [-0.4, -0.2) is 53.0 Å². The van der Waals surface area contributed by atoms with Crippen LogP contribution in [0, 0.1) is 0 Å². The van der Waals surface area contributed by atoms with Crippen LogP contribution in [0.5, 0.6) is 0 Å². The number of aryl methyl sites for hydroxylation is 1. The molecule has 1 N–H and O–H groups in total. The van der Waals surface area contributed by atoms with E-state index in [4.69, 9.17) is 0 Å².